The lowest BCUT2D eigenvalue weighted by Gasteiger charge is -2.51. The molecule has 11 nitrogen and oxygen atoms in total. The molecule has 1 N–H and O–H groups in total. The van der Waals surface area contributed by atoms with Crippen LogP contribution in [0.2, 0.25) is 5.02 Å². The summed E-state index contributed by atoms with van der Waals surface area (Å²) in [5, 5.41) is 11.7. The number of likely N-dealkylation sites (tertiary alicyclic amines) is 1. The van der Waals surface area contributed by atoms with Gasteiger partial charge in [-0.2, -0.15) is 18.2 Å². The third kappa shape index (κ3) is 4.63. The van der Waals surface area contributed by atoms with Crippen LogP contribution in [0.5, 0.6) is 17.2 Å². The quantitative estimate of drug-likeness (QED) is 0.181. The summed E-state index contributed by atoms with van der Waals surface area (Å²) in [4.78, 5) is 56.3. The molecule has 1 aromatic carbocycles. The van der Waals surface area contributed by atoms with E-state index in [4.69, 9.17) is 44.3 Å². The fourth-order valence-corrected chi connectivity index (χ4v) is 9.11. The van der Waals surface area contributed by atoms with Crippen LogP contribution in [0.1, 0.15) is 30.0 Å². The number of hydrogen-bond acceptors (Lipinski definition) is 9. The summed E-state index contributed by atoms with van der Waals surface area (Å²) in [7, 11) is 3.81. The molecule has 4 amide bonds. The molecule has 48 heavy (non-hydrogen) atoms. The number of aromatic nitrogens is 1. The van der Waals surface area contributed by atoms with Crippen LogP contribution in [0.4, 0.5) is 19.0 Å². The normalized spacial score (nSPS) is 29.8. The Hall–Kier alpha value is -3.27. The monoisotopic (exact) mass is 794 g/mol. The van der Waals surface area contributed by atoms with E-state index in [1.165, 1.54) is 33.4 Å². The van der Waals surface area contributed by atoms with Crippen molar-refractivity contribution in [1.29, 1.82) is 0 Å². The fourth-order valence-electron chi connectivity index (χ4n) is 7.47. The van der Waals surface area contributed by atoms with Gasteiger partial charge >= 0.3 is 6.18 Å². The lowest BCUT2D eigenvalue weighted by Crippen LogP contribution is -2.60. The van der Waals surface area contributed by atoms with Crippen molar-refractivity contribution in [2.24, 2.45) is 17.8 Å². The van der Waals surface area contributed by atoms with Gasteiger partial charge in [-0.25, -0.2) is 4.98 Å². The van der Waals surface area contributed by atoms with Gasteiger partial charge in [0.25, 0.3) is 23.6 Å². The van der Waals surface area contributed by atoms with Crippen molar-refractivity contribution in [2.45, 2.75) is 34.7 Å². The zero-order chi connectivity index (χ0) is 35.2. The van der Waals surface area contributed by atoms with Crippen LogP contribution in [-0.2, 0) is 25.4 Å². The second-order valence-corrected chi connectivity index (χ2v) is 13.9. The number of phenols is 1. The van der Waals surface area contributed by atoms with Gasteiger partial charge in [-0.1, -0.05) is 39.2 Å². The molecular weight excluding hydrogens is 772 g/mol. The molecule has 3 fully saturated rings. The van der Waals surface area contributed by atoms with Gasteiger partial charge in [0, 0.05) is 30.7 Å². The Balaban J connectivity index is 1.51. The maximum Gasteiger partial charge on any atom is 0.433 e. The van der Waals surface area contributed by atoms with Crippen molar-refractivity contribution in [3.8, 4) is 17.2 Å². The minimum absolute atomic E-state index is 0.0394. The summed E-state index contributed by atoms with van der Waals surface area (Å²) < 4.78 is 51.7. The van der Waals surface area contributed by atoms with Gasteiger partial charge < -0.3 is 14.6 Å². The SMILES string of the molecule is COc1cc(O)cc(OC)c1[C@H]1C2=CC[C@@H]3C(=O)N(N(C)c4nc(C(F)(F)F)ccc4Cl)C(=O)[C@@H]3[C@@H]2C[C@@]2(Cl)C(=O)N(CBr)C(=O)[C@@]12Cl. The van der Waals surface area contributed by atoms with Crippen molar-refractivity contribution >= 4 is 80.2 Å². The van der Waals surface area contributed by atoms with Crippen LogP contribution in [0, 0.1) is 17.8 Å². The van der Waals surface area contributed by atoms with Gasteiger partial charge in [-0.3, -0.25) is 29.1 Å². The van der Waals surface area contributed by atoms with Gasteiger partial charge in [-0.05, 0) is 30.9 Å². The average Bonchev–Trinajstić information content (AvgIpc) is 3.37. The van der Waals surface area contributed by atoms with E-state index >= 15 is 0 Å². The van der Waals surface area contributed by atoms with Crippen LogP contribution < -0.4 is 14.5 Å². The van der Waals surface area contributed by atoms with E-state index in [0.29, 0.717) is 16.6 Å². The summed E-state index contributed by atoms with van der Waals surface area (Å²) in [6, 6.07) is 4.16. The summed E-state index contributed by atoms with van der Waals surface area (Å²) in [5.41, 5.74) is -0.982. The van der Waals surface area contributed by atoms with Gasteiger partial charge in [0.2, 0.25) is 0 Å². The fraction of sp³-hybridized carbons (Fsp3) is 0.433. The number of rotatable bonds is 6. The maximum absolute atomic E-state index is 14.3. The molecule has 2 saturated heterocycles. The van der Waals surface area contributed by atoms with Crippen molar-refractivity contribution < 1.29 is 46.9 Å². The number of hydrazine groups is 1. The molecule has 4 aliphatic rings. The largest absolute Gasteiger partial charge is 0.508 e. The van der Waals surface area contributed by atoms with Crippen LogP contribution in [-0.4, -0.2) is 80.1 Å². The number of phenolic OH excluding ortho intramolecular Hbond substituents is 1. The molecule has 1 saturated carbocycles. The molecular formula is C30H25BrCl3F3N4O7. The second kappa shape index (κ2) is 11.7. The number of fused-ring (bicyclic) bond motifs is 4. The van der Waals surface area contributed by atoms with Crippen LogP contribution in [0.3, 0.4) is 0 Å². The highest BCUT2D eigenvalue weighted by atomic mass is 79.9. The summed E-state index contributed by atoms with van der Waals surface area (Å²) in [6.07, 6.45) is -3.57. The number of alkyl halides is 6. The second-order valence-electron chi connectivity index (χ2n) is 11.8. The summed E-state index contributed by atoms with van der Waals surface area (Å²) in [5.74, 6) is -8.33. The third-order valence-corrected chi connectivity index (χ3v) is 11.7. The minimum atomic E-state index is -4.84. The average molecular weight is 797 g/mol. The number of imide groups is 2. The topological polar surface area (TPSA) is 130 Å². The molecule has 6 atom stereocenters. The molecule has 6 rings (SSSR count). The number of carbonyl (C=O) groups is 4. The lowest BCUT2D eigenvalue weighted by molar-refractivity contribution is -0.142. The predicted octanol–water partition coefficient (Wildman–Crippen LogP) is 5.24. The van der Waals surface area contributed by atoms with E-state index in [-0.39, 0.29) is 46.1 Å². The first-order chi connectivity index (χ1) is 22.5. The number of amides is 4. The van der Waals surface area contributed by atoms with E-state index in [0.717, 1.165) is 16.0 Å². The van der Waals surface area contributed by atoms with Gasteiger partial charge in [-0.15, -0.1) is 23.2 Å². The Morgan fingerprint density at radius 1 is 1.06 bits per heavy atom. The number of allylic oxidation sites excluding steroid dienone is 2. The van der Waals surface area contributed by atoms with Gasteiger partial charge in [0.05, 0.1) is 36.5 Å². The third-order valence-electron chi connectivity index (χ3n) is 9.53. The van der Waals surface area contributed by atoms with Crippen molar-refractivity contribution in [3.05, 3.63) is 52.2 Å². The first-order valence-electron chi connectivity index (χ1n) is 14.3. The molecule has 0 bridgehead atoms. The Bertz CT molecular complexity index is 1790. The molecule has 2 aromatic rings. The molecule has 0 unspecified atom stereocenters. The molecule has 2 aliphatic carbocycles. The predicted molar refractivity (Wildman–Crippen MR) is 169 cm³/mol. The number of benzene rings is 1. The molecule has 256 valence electrons. The molecule has 1 aromatic heterocycles. The lowest BCUT2D eigenvalue weighted by atomic mass is 9.56. The minimum Gasteiger partial charge on any atom is -0.508 e. The van der Waals surface area contributed by atoms with Crippen molar-refractivity contribution in [3.63, 3.8) is 0 Å². The number of methoxy groups -OCH3 is 2. The van der Waals surface area contributed by atoms with E-state index in [9.17, 15) is 37.5 Å². The maximum atomic E-state index is 14.3. The highest BCUT2D eigenvalue weighted by Crippen LogP contribution is 2.67. The standard InChI is InChI=1S/C30H25BrCl3F3N4O7/c1-39(23-16(32)6-7-19(38-23)30(35,36)37)41-24(43)14-5-4-13-15(20(14)25(41)44)10-28(33)26(45)40(11-31)27(46)29(28,34)22(13)21-17(47-2)8-12(42)9-18(21)48-3/h4,6-9,14-15,20,22,42H,5,10-11H2,1-3H3/t14-,15+,20-,22+,28+,29-/m0/s1. The Morgan fingerprint density at radius 3 is 2.25 bits per heavy atom. The number of halogens is 7. The zero-order valence-corrected chi connectivity index (χ0v) is 29.0. The number of ether oxygens (including phenoxy) is 2. The van der Waals surface area contributed by atoms with Crippen LogP contribution in [0.15, 0.2) is 35.9 Å². The number of aromatic hydroxyl groups is 1. The smallest absolute Gasteiger partial charge is 0.433 e. The molecule has 3 heterocycles. The van der Waals surface area contributed by atoms with Gasteiger partial charge in [0.15, 0.2) is 15.6 Å². The molecule has 0 radical (unpaired) electrons. The van der Waals surface area contributed by atoms with Crippen LogP contribution in [0.25, 0.3) is 0 Å². The van der Waals surface area contributed by atoms with E-state index < -0.39 is 74.7 Å². The summed E-state index contributed by atoms with van der Waals surface area (Å²) >= 11 is 23.9. The summed E-state index contributed by atoms with van der Waals surface area (Å²) in [6.45, 7) is 0. The molecule has 18 heteroatoms. The van der Waals surface area contributed by atoms with E-state index in [2.05, 4.69) is 20.9 Å². The molecule has 0 spiro atoms. The number of carbonyl (C=O) groups excluding carboxylic acids is 4. The van der Waals surface area contributed by atoms with Gasteiger partial charge in [0.1, 0.15) is 22.9 Å². The van der Waals surface area contributed by atoms with Crippen LogP contribution >= 0.6 is 50.7 Å². The number of nitrogens with zero attached hydrogens (tertiary/aromatic N) is 4. The van der Waals surface area contributed by atoms with Crippen molar-refractivity contribution in [1.82, 2.24) is 14.9 Å². The first-order valence-corrected chi connectivity index (χ1v) is 16.5. The van der Waals surface area contributed by atoms with Crippen molar-refractivity contribution in [2.75, 3.05) is 31.7 Å². The van der Waals surface area contributed by atoms with E-state index in [1.807, 2.05) is 0 Å². The highest BCUT2D eigenvalue weighted by molar-refractivity contribution is 9.09. The first kappa shape index (κ1) is 34.6. The number of pyridine rings is 1. The zero-order valence-electron chi connectivity index (χ0n) is 25.1. The number of anilines is 1. The molecule has 2 aliphatic heterocycles. The Morgan fingerprint density at radius 2 is 1.69 bits per heavy atom. The Labute approximate surface area is 294 Å². The van der Waals surface area contributed by atoms with E-state index in [1.54, 1.807) is 6.08 Å². The Kier molecular flexibility index (Phi) is 8.41. The highest BCUT2D eigenvalue weighted by Gasteiger charge is 2.77. The number of hydrogen-bond donors (Lipinski definition) is 1.